The Morgan fingerprint density at radius 1 is 1.07 bits per heavy atom. The number of amides is 1. The summed E-state index contributed by atoms with van der Waals surface area (Å²) in [6, 6.07) is 19.3. The van der Waals surface area contributed by atoms with Crippen LogP contribution in [0.15, 0.2) is 60.7 Å². The highest BCUT2D eigenvalue weighted by Gasteiger charge is 2.19. The van der Waals surface area contributed by atoms with Crippen molar-refractivity contribution in [1.29, 1.82) is 0 Å². The topological polar surface area (TPSA) is 32.3 Å². The van der Waals surface area contributed by atoms with E-state index in [0.717, 1.165) is 38.0 Å². The fourth-order valence-corrected chi connectivity index (χ4v) is 3.49. The number of likely N-dealkylation sites (tertiary alicyclic amines) is 1. The summed E-state index contributed by atoms with van der Waals surface area (Å²) in [6.45, 7) is 7.42. The normalized spacial score (nSPS) is 16.1. The van der Waals surface area contributed by atoms with Gasteiger partial charge < -0.3 is 5.32 Å². The van der Waals surface area contributed by atoms with Crippen LogP contribution in [-0.2, 0) is 11.3 Å². The van der Waals surface area contributed by atoms with Gasteiger partial charge in [0, 0.05) is 31.8 Å². The molecule has 2 aromatic carbocycles. The molecule has 1 heterocycles. The van der Waals surface area contributed by atoms with Gasteiger partial charge in [-0.25, -0.2) is 0 Å². The standard InChI is InChI=1S/C24H30N2O/c1-19(2)22-11-8-20(9-12-22)10-13-24(27)25-23-14-16-26(17-15-23)18-21-6-4-3-5-7-21/h3-13,19,23H,14-18H2,1-2H3,(H,25,27)/b13-10+. The molecule has 3 heteroatoms. The van der Waals surface area contributed by atoms with Gasteiger partial charge in [0.1, 0.15) is 0 Å². The molecule has 2 aromatic rings. The molecule has 0 aliphatic carbocycles. The molecular weight excluding hydrogens is 332 g/mol. The lowest BCUT2D eigenvalue weighted by Crippen LogP contribution is -2.43. The molecule has 1 N–H and O–H groups in total. The molecule has 142 valence electrons. The molecule has 0 atom stereocenters. The zero-order valence-electron chi connectivity index (χ0n) is 16.4. The molecule has 0 spiro atoms. The molecule has 1 saturated heterocycles. The Morgan fingerprint density at radius 2 is 1.74 bits per heavy atom. The Labute approximate surface area is 163 Å². The predicted molar refractivity (Wildman–Crippen MR) is 112 cm³/mol. The van der Waals surface area contributed by atoms with Crippen LogP contribution in [0.4, 0.5) is 0 Å². The van der Waals surface area contributed by atoms with Crippen LogP contribution in [0.1, 0.15) is 49.3 Å². The highest BCUT2D eigenvalue weighted by atomic mass is 16.1. The molecule has 1 fully saturated rings. The smallest absolute Gasteiger partial charge is 0.244 e. The number of nitrogens with zero attached hydrogens (tertiary/aromatic N) is 1. The molecular formula is C24H30N2O. The first kappa shape index (κ1) is 19.4. The predicted octanol–water partition coefficient (Wildman–Crippen LogP) is 4.60. The maximum absolute atomic E-state index is 12.2. The minimum absolute atomic E-state index is 0.00412. The Bertz CT molecular complexity index is 742. The second-order valence-electron chi connectivity index (χ2n) is 7.70. The second kappa shape index (κ2) is 9.52. The Morgan fingerprint density at radius 3 is 2.37 bits per heavy atom. The third kappa shape index (κ3) is 6.07. The lowest BCUT2D eigenvalue weighted by Gasteiger charge is -2.32. The fourth-order valence-electron chi connectivity index (χ4n) is 3.49. The van der Waals surface area contributed by atoms with Crippen molar-refractivity contribution in [3.63, 3.8) is 0 Å². The summed E-state index contributed by atoms with van der Waals surface area (Å²) >= 11 is 0. The molecule has 1 aliphatic rings. The van der Waals surface area contributed by atoms with E-state index in [4.69, 9.17) is 0 Å². The van der Waals surface area contributed by atoms with Crippen LogP contribution in [0.3, 0.4) is 0 Å². The first-order valence-electron chi connectivity index (χ1n) is 9.95. The van der Waals surface area contributed by atoms with E-state index in [2.05, 4.69) is 78.7 Å². The van der Waals surface area contributed by atoms with Gasteiger partial charge in [0.25, 0.3) is 0 Å². The number of nitrogens with one attached hydrogen (secondary N) is 1. The van der Waals surface area contributed by atoms with Crippen LogP contribution >= 0.6 is 0 Å². The molecule has 0 saturated carbocycles. The lowest BCUT2D eigenvalue weighted by molar-refractivity contribution is -0.117. The molecule has 1 aliphatic heterocycles. The second-order valence-corrected chi connectivity index (χ2v) is 7.70. The zero-order chi connectivity index (χ0) is 19.1. The maximum Gasteiger partial charge on any atom is 0.244 e. The molecule has 3 rings (SSSR count). The number of carbonyl (C=O) groups excluding carboxylic acids is 1. The van der Waals surface area contributed by atoms with Crippen molar-refractivity contribution in [2.24, 2.45) is 0 Å². The Balaban J connectivity index is 1.42. The SMILES string of the molecule is CC(C)c1ccc(/C=C/C(=O)NC2CCN(Cc3ccccc3)CC2)cc1. The van der Waals surface area contributed by atoms with Gasteiger partial charge >= 0.3 is 0 Å². The van der Waals surface area contributed by atoms with Gasteiger partial charge in [-0.1, -0.05) is 68.4 Å². The van der Waals surface area contributed by atoms with E-state index >= 15 is 0 Å². The number of carbonyl (C=O) groups is 1. The van der Waals surface area contributed by atoms with Gasteiger partial charge in [-0.05, 0) is 41.5 Å². The van der Waals surface area contributed by atoms with Crippen LogP contribution in [-0.4, -0.2) is 29.9 Å². The molecule has 0 unspecified atom stereocenters. The molecule has 27 heavy (non-hydrogen) atoms. The van der Waals surface area contributed by atoms with Crippen molar-refractivity contribution in [2.75, 3.05) is 13.1 Å². The van der Waals surface area contributed by atoms with Crippen molar-refractivity contribution in [2.45, 2.75) is 45.2 Å². The molecule has 0 radical (unpaired) electrons. The van der Waals surface area contributed by atoms with Gasteiger partial charge in [0.2, 0.25) is 5.91 Å². The quantitative estimate of drug-likeness (QED) is 0.762. The minimum atomic E-state index is 0.00412. The van der Waals surface area contributed by atoms with E-state index in [1.54, 1.807) is 6.08 Å². The largest absolute Gasteiger partial charge is 0.350 e. The van der Waals surface area contributed by atoms with Crippen LogP contribution in [0.25, 0.3) is 6.08 Å². The summed E-state index contributed by atoms with van der Waals surface area (Å²) in [5, 5.41) is 3.15. The average Bonchev–Trinajstić information content (AvgIpc) is 2.69. The average molecular weight is 363 g/mol. The summed E-state index contributed by atoms with van der Waals surface area (Å²) in [6.07, 6.45) is 5.57. The monoisotopic (exact) mass is 362 g/mol. The van der Waals surface area contributed by atoms with Crippen LogP contribution in [0.5, 0.6) is 0 Å². The number of rotatable bonds is 6. The summed E-state index contributed by atoms with van der Waals surface area (Å²) < 4.78 is 0. The number of hydrogen-bond donors (Lipinski definition) is 1. The highest BCUT2D eigenvalue weighted by Crippen LogP contribution is 2.16. The molecule has 0 aromatic heterocycles. The summed E-state index contributed by atoms with van der Waals surface area (Å²) in [7, 11) is 0. The van der Waals surface area contributed by atoms with Crippen molar-refractivity contribution >= 4 is 12.0 Å². The first-order valence-corrected chi connectivity index (χ1v) is 9.95. The number of hydrogen-bond acceptors (Lipinski definition) is 2. The van der Waals surface area contributed by atoms with Crippen molar-refractivity contribution < 1.29 is 4.79 Å². The van der Waals surface area contributed by atoms with E-state index < -0.39 is 0 Å². The minimum Gasteiger partial charge on any atom is -0.350 e. The van der Waals surface area contributed by atoms with Crippen LogP contribution < -0.4 is 5.32 Å². The van der Waals surface area contributed by atoms with Crippen LogP contribution in [0, 0.1) is 0 Å². The Kier molecular flexibility index (Phi) is 6.83. The summed E-state index contributed by atoms with van der Waals surface area (Å²) in [5.41, 5.74) is 3.73. The van der Waals surface area contributed by atoms with Crippen LogP contribution in [0.2, 0.25) is 0 Å². The zero-order valence-corrected chi connectivity index (χ0v) is 16.4. The van der Waals surface area contributed by atoms with Gasteiger partial charge in [-0.2, -0.15) is 0 Å². The van der Waals surface area contributed by atoms with Gasteiger partial charge in [0.15, 0.2) is 0 Å². The van der Waals surface area contributed by atoms with E-state index in [0.29, 0.717) is 5.92 Å². The van der Waals surface area contributed by atoms with Crippen molar-refractivity contribution in [1.82, 2.24) is 10.2 Å². The highest BCUT2D eigenvalue weighted by molar-refractivity contribution is 5.91. The third-order valence-electron chi connectivity index (χ3n) is 5.21. The Hall–Kier alpha value is -2.39. The summed E-state index contributed by atoms with van der Waals surface area (Å²) in [4.78, 5) is 14.7. The third-order valence-corrected chi connectivity index (χ3v) is 5.21. The van der Waals surface area contributed by atoms with E-state index in [1.807, 2.05) is 6.08 Å². The molecule has 3 nitrogen and oxygen atoms in total. The maximum atomic E-state index is 12.2. The number of benzene rings is 2. The van der Waals surface area contributed by atoms with Gasteiger partial charge in [-0.3, -0.25) is 9.69 Å². The van der Waals surface area contributed by atoms with E-state index in [1.165, 1.54) is 11.1 Å². The van der Waals surface area contributed by atoms with Gasteiger partial charge in [0.05, 0.1) is 0 Å². The lowest BCUT2D eigenvalue weighted by atomic mass is 10.0. The first-order chi connectivity index (χ1) is 13.1. The summed E-state index contributed by atoms with van der Waals surface area (Å²) in [5.74, 6) is 0.531. The van der Waals surface area contributed by atoms with Gasteiger partial charge in [-0.15, -0.1) is 0 Å². The number of piperidine rings is 1. The molecule has 0 bridgehead atoms. The fraction of sp³-hybridized carbons (Fsp3) is 0.375. The van der Waals surface area contributed by atoms with E-state index in [-0.39, 0.29) is 11.9 Å². The molecule has 1 amide bonds. The van der Waals surface area contributed by atoms with Crippen molar-refractivity contribution in [3.05, 3.63) is 77.4 Å². The van der Waals surface area contributed by atoms with E-state index in [9.17, 15) is 4.79 Å². The van der Waals surface area contributed by atoms with Crippen molar-refractivity contribution in [3.8, 4) is 0 Å².